The summed E-state index contributed by atoms with van der Waals surface area (Å²) in [6.45, 7) is 2.43. The van der Waals surface area contributed by atoms with Crippen molar-refractivity contribution in [1.82, 2.24) is 10.2 Å². The van der Waals surface area contributed by atoms with Gasteiger partial charge in [0.2, 0.25) is 11.8 Å². The molecule has 1 atom stereocenters. The van der Waals surface area contributed by atoms with Crippen molar-refractivity contribution in [2.24, 2.45) is 0 Å². The zero-order valence-corrected chi connectivity index (χ0v) is 23.6. The van der Waals surface area contributed by atoms with Crippen LogP contribution in [0.3, 0.4) is 0 Å². The van der Waals surface area contributed by atoms with E-state index in [0.29, 0.717) is 21.0 Å². The second kappa shape index (κ2) is 12.7. The molecular weight excluding hydrogens is 567 g/mol. The first-order chi connectivity index (χ1) is 18.8. The minimum absolute atomic E-state index is 0.133. The maximum atomic E-state index is 13.9. The third kappa shape index (κ3) is 7.14. The van der Waals surface area contributed by atoms with Crippen LogP contribution in [0, 0.1) is 6.92 Å². The van der Waals surface area contributed by atoms with Gasteiger partial charge < -0.3 is 10.2 Å². The number of aryl methyl sites for hydroxylation is 1. The van der Waals surface area contributed by atoms with Crippen LogP contribution in [0.15, 0.2) is 77.7 Å². The number of anilines is 1. The molecule has 2 amide bonds. The average Bonchev–Trinajstić information content (AvgIpc) is 2.92. The molecular formula is C28H29ClF3N3O4S. The number of carbonyl (C=O) groups is 2. The van der Waals surface area contributed by atoms with Crippen molar-refractivity contribution in [2.45, 2.75) is 43.9 Å². The Hall–Kier alpha value is -3.57. The Morgan fingerprint density at radius 3 is 2.23 bits per heavy atom. The molecule has 0 saturated carbocycles. The SMILES string of the molecule is CCC(C(=O)NC)N(Cc1ccccc1Cl)C(=O)CN(c1cccc(C(F)(F)F)c1)S(=O)(=O)c1ccc(C)cc1. The van der Waals surface area contributed by atoms with Gasteiger partial charge in [0.15, 0.2) is 0 Å². The molecule has 3 rings (SSSR count). The highest BCUT2D eigenvalue weighted by Crippen LogP contribution is 2.33. The number of rotatable bonds is 10. The van der Waals surface area contributed by atoms with E-state index < -0.39 is 46.2 Å². The van der Waals surface area contributed by atoms with E-state index in [4.69, 9.17) is 11.6 Å². The lowest BCUT2D eigenvalue weighted by Crippen LogP contribution is -2.51. The molecule has 0 bridgehead atoms. The van der Waals surface area contributed by atoms with E-state index in [1.54, 1.807) is 50.2 Å². The topological polar surface area (TPSA) is 86.8 Å². The largest absolute Gasteiger partial charge is 0.416 e. The Balaban J connectivity index is 2.13. The summed E-state index contributed by atoms with van der Waals surface area (Å²) in [6.07, 6.45) is -4.56. The zero-order valence-electron chi connectivity index (χ0n) is 22.1. The summed E-state index contributed by atoms with van der Waals surface area (Å²) >= 11 is 6.31. The molecule has 0 radical (unpaired) electrons. The molecule has 7 nitrogen and oxygen atoms in total. The average molecular weight is 596 g/mol. The van der Waals surface area contributed by atoms with Crippen LogP contribution in [0.1, 0.15) is 30.0 Å². The van der Waals surface area contributed by atoms with Crippen LogP contribution in [0.4, 0.5) is 18.9 Å². The number of sulfonamides is 1. The molecule has 0 spiro atoms. The van der Waals surface area contributed by atoms with Gasteiger partial charge in [0.25, 0.3) is 10.0 Å². The number of nitrogens with one attached hydrogen (secondary N) is 1. The van der Waals surface area contributed by atoms with Crippen molar-refractivity contribution in [3.63, 3.8) is 0 Å². The van der Waals surface area contributed by atoms with Crippen LogP contribution < -0.4 is 9.62 Å². The summed E-state index contributed by atoms with van der Waals surface area (Å²) in [6, 6.07) is 15.1. The summed E-state index contributed by atoms with van der Waals surface area (Å²) < 4.78 is 68.8. The van der Waals surface area contributed by atoms with Crippen molar-refractivity contribution >= 4 is 39.1 Å². The number of alkyl halides is 3. The molecule has 0 aliphatic rings. The molecule has 214 valence electrons. The smallest absolute Gasteiger partial charge is 0.357 e. The number of halogens is 4. The number of likely N-dealkylation sites (N-methyl/N-ethyl adjacent to an activating group) is 1. The Morgan fingerprint density at radius 1 is 1.00 bits per heavy atom. The predicted octanol–water partition coefficient (Wildman–Crippen LogP) is 5.42. The maximum Gasteiger partial charge on any atom is 0.416 e. The minimum atomic E-state index is -4.75. The van der Waals surface area contributed by atoms with Gasteiger partial charge in [-0.15, -0.1) is 0 Å². The number of benzene rings is 3. The lowest BCUT2D eigenvalue weighted by atomic mass is 10.1. The molecule has 0 fully saturated rings. The van der Waals surface area contributed by atoms with Crippen molar-refractivity contribution in [3.8, 4) is 0 Å². The van der Waals surface area contributed by atoms with E-state index in [1.807, 2.05) is 0 Å². The quantitative estimate of drug-likeness (QED) is 0.339. The lowest BCUT2D eigenvalue weighted by molar-refractivity contribution is -0.140. The first-order valence-electron chi connectivity index (χ1n) is 12.3. The number of amides is 2. The molecule has 1 unspecified atom stereocenters. The van der Waals surface area contributed by atoms with Gasteiger partial charge in [-0.2, -0.15) is 13.2 Å². The molecule has 0 aromatic heterocycles. The van der Waals surface area contributed by atoms with Gasteiger partial charge in [0.1, 0.15) is 12.6 Å². The van der Waals surface area contributed by atoms with Gasteiger partial charge >= 0.3 is 6.18 Å². The second-order valence-corrected chi connectivity index (χ2v) is 11.3. The Bertz CT molecular complexity index is 1460. The van der Waals surface area contributed by atoms with Crippen LogP contribution in [0.2, 0.25) is 5.02 Å². The van der Waals surface area contributed by atoms with Gasteiger partial charge in [0, 0.05) is 18.6 Å². The lowest BCUT2D eigenvalue weighted by Gasteiger charge is -2.33. The Morgan fingerprint density at radius 2 is 1.65 bits per heavy atom. The first kappa shape index (κ1) is 31.0. The highest BCUT2D eigenvalue weighted by molar-refractivity contribution is 7.92. The van der Waals surface area contributed by atoms with Crippen LogP contribution >= 0.6 is 11.6 Å². The normalized spacial score (nSPS) is 12.5. The molecule has 3 aromatic carbocycles. The number of nitrogens with zero attached hydrogens (tertiary/aromatic N) is 2. The fraction of sp³-hybridized carbons (Fsp3) is 0.286. The molecule has 12 heteroatoms. The summed E-state index contributed by atoms with van der Waals surface area (Å²) in [4.78, 5) is 27.6. The first-order valence-corrected chi connectivity index (χ1v) is 14.1. The molecule has 1 N–H and O–H groups in total. The van der Waals surface area contributed by atoms with E-state index in [0.717, 1.165) is 17.7 Å². The zero-order chi connectivity index (χ0) is 29.7. The van der Waals surface area contributed by atoms with Crippen molar-refractivity contribution < 1.29 is 31.2 Å². The van der Waals surface area contributed by atoms with E-state index in [2.05, 4.69) is 5.32 Å². The summed E-state index contributed by atoms with van der Waals surface area (Å²) in [5, 5.41) is 2.83. The van der Waals surface area contributed by atoms with Crippen LogP contribution in [-0.2, 0) is 32.3 Å². The van der Waals surface area contributed by atoms with Gasteiger partial charge in [0.05, 0.1) is 16.1 Å². The Kier molecular flexibility index (Phi) is 9.86. The summed E-state index contributed by atoms with van der Waals surface area (Å²) in [5.74, 6) is -1.29. The Labute approximate surface area is 236 Å². The fourth-order valence-corrected chi connectivity index (χ4v) is 5.70. The maximum absolute atomic E-state index is 13.9. The molecule has 0 aliphatic heterocycles. The van der Waals surface area contributed by atoms with Gasteiger partial charge in [-0.3, -0.25) is 13.9 Å². The number of carbonyl (C=O) groups excluding carboxylic acids is 2. The molecule has 40 heavy (non-hydrogen) atoms. The molecule has 0 heterocycles. The third-order valence-corrected chi connectivity index (χ3v) is 8.44. The van der Waals surface area contributed by atoms with Crippen molar-refractivity contribution in [3.05, 3.63) is 94.5 Å². The second-order valence-electron chi connectivity index (χ2n) is 9.02. The number of hydrogen-bond donors (Lipinski definition) is 1. The summed E-state index contributed by atoms with van der Waals surface area (Å²) in [7, 11) is -3.11. The monoisotopic (exact) mass is 595 g/mol. The van der Waals surface area contributed by atoms with E-state index >= 15 is 0 Å². The van der Waals surface area contributed by atoms with Crippen LogP contribution in [0.5, 0.6) is 0 Å². The summed E-state index contributed by atoms with van der Waals surface area (Å²) in [5.41, 5.74) is -0.157. The van der Waals surface area contributed by atoms with E-state index in [-0.39, 0.29) is 23.5 Å². The minimum Gasteiger partial charge on any atom is -0.357 e. The van der Waals surface area contributed by atoms with E-state index in [9.17, 15) is 31.2 Å². The van der Waals surface area contributed by atoms with Gasteiger partial charge in [-0.05, 0) is 55.3 Å². The standard InChI is InChI=1S/C28H29ClF3N3O4S/c1-4-25(27(37)33-3)34(17-20-8-5-6-11-24(20)29)26(36)18-35(22-10-7-9-21(16-22)28(30,31)32)40(38,39)23-14-12-19(2)13-15-23/h5-16,25H,4,17-18H2,1-3H3,(H,33,37). The van der Waals surface area contributed by atoms with Crippen LogP contribution in [0.25, 0.3) is 0 Å². The van der Waals surface area contributed by atoms with Gasteiger partial charge in [-0.25, -0.2) is 8.42 Å². The molecule has 0 aliphatic carbocycles. The van der Waals surface area contributed by atoms with Crippen LogP contribution in [-0.4, -0.2) is 44.8 Å². The fourth-order valence-electron chi connectivity index (χ4n) is 4.10. The molecule has 3 aromatic rings. The van der Waals surface area contributed by atoms with Crippen molar-refractivity contribution in [2.75, 3.05) is 17.9 Å². The number of hydrogen-bond acceptors (Lipinski definition) is 4. The molecule has 0 saturated heterocycles. The highest BCUT2D eigenvalue weighted by Gasteiger charge is 2.36. The van der Waals surface area contributed by atoms with Gasteiger partial charge in [-0.1, -0.05) is 60.5 Å². The highest BCUT2D eigenvalue weighted by atomic mass is 35.5. The van der Waals surface area contributed by atoms with Crippen molar-refractivity contribution in [1.29, 1.82) is 0 Å². The predicted molar refractivity (Wildman–Crippen MR) is 147 cm³/mol. The third-order valence-electron chi connectivity index (χ3n) is 6.28. The van der Waals surface area contributed by atoms with E-state index in [1.165, 1.54) is 30.1 Å².